The fraction of sp³-hybridized carbons (Fsp3) is 0.368. The van der Waals surface area contributed by atoms with Crippen LogP contribution < -0.4 is 0 Å². The van der Waals surface area contributed by atoms with Crippen molar-refractivity contribution in [2.75, 3.05) is 0 Å². The highest BCUT2D eigenvalue weighted by molar-refractivity contribution is 7.91. The number of benzene rings is 2. The van der Waals surface area contributed by atoms with Gasteiger partial charge in [-0.05, 0) is 48.2 Å². The second kappa shape index (κ2) is 7.79. The zero-order chi connectivity index (χ0) is 20.5. The number of hydrogen-bond acceptors (Lipinski definition) is 3. The van der Waals surface area contributed by atoms with Crippen LogP contribution in [0, 0.1) is 0 Å². The number of rotatable bonds is 7. The van der Waals surface area contributed by atoms with Gasteiger partial charge in [-0.25, -0.2) is 8.42 Å². The molecule has 0 unspecified atom stereocenters. The third-order valence-electron chi connectivity index (χ3n) is 4.60. The molecule has 9 heteroatoms. The Balaban J connectivity index is 1.70. The lowest BCUT2D eigenvalue weighted by atomic mass is 10.1. The van der Waals surface area contributed by atoms with Crippen LogP contribution in [0.3, 0.4) is 0 Å². The van der Waals surface area contributed by atoms with E-state index in [2.05, 4.69) is 4.90 Å². The predicted octanol–water partition coefficient (Wildman–Crippen LogP) is 4.87. The van der Waals surface area contributed by atoms with E-state index < -0.39 is 32.2 Å². The number of sulfone groups is 1. The summed E-state index contributed by atoms with van der Waals surface area (Å²) in [5.41, 5.74) is 0.772. The number of halogens is 5. The standard InChI is InChI=1S/C19H18F5NO2S/c20-18(21)28(26,27)17-9-3-14(4-10-17)12-25(16-7-8-16)11-13-1-5-15(6-2-13)19(22,23)24/h1-6,9-10,16,18H,7-8,11-12H2. The first kappa shape index (κ1) is 20.7. The number of alkyl halides is 5. The highest BCUT2D eigenvalue weighted by Gasteiger charge is 2.31. The molecule has 152 valence electrons. The maximum Gasteiger partial charge on any atom is 0.416 e. The molecule has 0 amide bonds. The van der Waals surface area contributed by atoms with Crippen LogP contribution in [-0.4, -0.2) is 25.1 Å². The summed E-state index contributed by atoms with van der Waals surface area (Å²) in [4.78, 5) is 1.64. The summed E-state index contributed by atoms with van der Waals surface area (Å²) in [7, 11) is -4.63. The molecule has 1 saturated carbocycles. The van der Waals surface area contributed by atoms with E-state index in [9.17, 15) is 30.4 Å². The molecular formula is C19H18F5NO2S. The maximum absolute atomic E-state index is 12.7. The Bertz CT molecular complexity index is 905. The maximum atomic E-state index is 12.7. The van der Waals surface area contributed by atoms with Gasteiger partial charge in [-0.3, -0.25) is 4.90 Å². The average Bonchev–Trinajstić information content (AvgIpc) is 3.46. The molecule has 2 aromatic carbocycles. The van der Waals surface area contributed by atoms with Crippen LogP contribution in [-0.2, 0) is 29.1 Å². The van der Waals surface area contributed by atoms with Gasteiger partial charge in [0.2, 0.25) is 9.84 Å². The van der Waals surface area contributed by atoms with Gasteiger partial charge in [0.1, 0.15) is 0 Å². The fourth-order valence-corrected chi connectivity index (χ4v) is 3.63. The summed E-state index contributed by atoms with van der Waals surface area (Å²) in [6.07, 6.45) is -2.44. The van der Waals surface area contributed by atoms with Crippen LogP contribution in [0.4, 0.5) is 22.0 Å². The van der Waals surface area contributed by atoms with E-state index in [-0.39, 0.29) is 0 Å². The zero-order valence-electron chi connectivity index (χ0n) is 14.7. The summed E-state index contributed by atoms with van der Waals surface area (Å²) < 4.78 is 86.2. The van der Waals surface area contributed by atoms with Crippen molar-refractivity contribution in [2.45, 2.75) is 48.8 Å². The predicted molar refractivity (Wildman–Crippen MR) is 93.3 cm³/mol. The molecule has 0 heterocycles. The number of hydrogen-bond donors (Lipinski definition) is 0. The molecule has 0 spiro atoms. The van der Waals surface area contributed by atoms with Gasteiger partial charge in [0.05, 0.1) is 10.5 Å². The Morgan fingerprint density at radius 2 is 1.36 bits per heavy atom. The lowest BCUT2D eigenvalue weighted by Gasteiger charge is -2.22. The highest BCUT2D eigenvalue weighted by atomic mass is 32.2. The van der Waals surface area contributed by atoms with Gasteiger partial charge in [-0.1, -0.05) is 24.3 Å². The van der Waals surface area contributed by atoms with Gasteiger partial charge in [-0.2, -0.15) is 22.0 Å². The van der Waals surface area contributed by atoms with Crippen molar-refractivity contribution in [1.29, 1.82) is 0 Å². The summed E-state index contributed by atoms with van der Waals surface area (Å²) >= 11 is 0. The van der Waals surface area contributed by atoms with Crippen molar-refractivity contribution in [3.8, 4) is 0 Å². The van der Waals surface area contributed by atoms with Crippen molar-refractivity contribution in [1.82, 2.24) is 4.90 Å². The Labute approximate surface area is 159 Å². The highest BCUT2D eigenvalue weighted by Crippen LogP contribution is 2.32. The minimum atomic E-state index is -4.63. The van der Waals surface area contributed by atoms with Crippen LogP contribution in [0.25, 0.3) is 0 Å². The lowest BCUT2D eigenvalue weighted by molar-refractivity contribution is -0.137. The van der Waals surface area contributed by atoms with Crippen molar-refractivity contribution in [3.63, 3.8) is 0 Å². The minimum Gasteiger partial charge on any atom is -0.292 e. The second-order valence-corrected chi connectivity index (χ2v) is 8.70. The van der Waals surface area contributed by atoms with E-state index in [1.54, 1.807) is 0 Å². The van der Waals surface area contributed by atoms with E-state index >= 15 is 0 Å². The molecule has 3 nitrogen and oxygen atoms in total. The van der Waals surface area contributed by atoms with Gasteiger partial charge in [-0.15, -0.1) is 0 Å². The van der Waals surface area contributed by atoms with Crippen LogP contribution in [0.15, 0.2) is 53.4 Å². The first-order valence-corrected chi connectivity index (χ1v) is 10.1. The smallest absolute Gasteiger partial charge is 0.292 e. The van der Waals surface area contributed by atoms with Crippen LogP contribution in [0.1, 0.15) is 29.5 Å². The molecule has 0 radical (unpaired) electrons. The molecule has 2 aromatic rings. The summed E-state index contributed by atoms with van der Waals surface area (Å²) in [5.74, 6) is -3.47. The molecule has 0 N–H and O–H groups in total. The Kier molecular flexibility index (Phi) is 5.77. The van der Waals surface area contributed by atoms with Crippen LogP contribution in [0.5, 0.6) is 0 Å². The summed E-state index contributed by atoms with van der Waals surface area (Å²) in [6, 6.07) is 10.5. The molecule has 1 fully saturated rings. The monoisotopic (exact) mass is 419 g/mol. The van der Waals surface area contributed by atoms with Gasteiger partial charge in [0.15, 0.2) is 0 Å². The van der Waals surface area contributed by atoms with Crippen molar-refractivity contribution >= 4 is 9.84 Å². The Morgan fingerprint density at radius 3 is 1.75 bits per heavy atom. The van der Waals surface area contributed by atoms with Crippen molar-refractivity contribution in [3.05, 3.63) is 65.2 Å². The summed E-state index contributed by atoms with van der Waals surface area (Å²) in [6.45, 7) is 0.889. The minimum absolute atomic E-state index is 0.298. The average molecular weight is 419 g/mol. The molecule has 1 aliphatic rings. The molecular weight excluding hydrogens is 401 g/mol. The topological polar surface area (TPSA) is 37.4 Å². The SMILES string of the molecule is O=S(=O)(c1ccc(CN(Cc2ccc(C(F)(F)F)cc2)C2CC2)cc1)C(F)F. The van der Waals surface area contributed by atoms with Crippen molar-refractivity contribution in [2.24, 2.45) is 0 Å². The fourth-order valence-electron chi connectivity index (χ4n) is 2.91. The van der Waals surface area contributed by atoms with E-state index in [1.807, 2.05) is 0 Å². The van der Waals surface area contributed by atoms with E-state index in [0.29, 0.717) is 19.1 Å². The van der Waals surface area contributed by atoms with Crippen molar-refractivity contribution < 1.29 is 30.4 Å². The molecule has 1 aliphatic carbocycles. The lowest BCUT2D eigenvalue weighted by Crippen LogP contribution is -2.25. The van der Waals surface area contributed by atoms with E-state index in [4.69, 9.17) is 0 Å². The molecule has 0 bridgehead atoms. The molecule has 3 rings (SSSR count). The Hall–Kier alpha value is -2.00. The normalized spacial score (nSPS) is 15.4. The first-order chi connectivity index (χ1) is 13.1. The molecule has 0 aromatic heterocycles. The molecule has 0 atom stereocenters. The molecule has 0 aliphatic heterocycles. The van der Waals surface area contributed by atoms with Gasteiger partial charge < -0.3 is 0 Å². The molecule has 28 heavy (non-hydrogen) atoms. The van der Waals surface area contributed by atoms with E-state index in [1.165, 1.54) is 24.3 Å². The zero-order valence-corrected chi connectivity index (χ0v) is 15.5. The third-order valence-corrected chi connectivity index (χ3v) is 6.00. The Morgan fingerprint density at radius 1 is 0.893 bits per heavy atom. The quantitative estimate of drug-likeness (QED) is 0.601. The summed E-state index contributed by atoms with van der Waals surface area (Å²) in [5, 5.41) is 0. The largest absolute Gasteiger partial charge is 0.416 e. The first-order valence-electron chi connectivity index (χ1n) is 8.58. The molecule has 0 saturated heterocycles. The van der Waals surface area contributed by atoms with Crippen LogP contribution >= 0.6 is 0 Å². The third kappa shape index (κ3) is 4.88. The van der Waals surface area contributed by atoms with Gasteiger partial charge >= 0.3 is 11.9 Å². The van der Waals surface area contributed by atoms with E-state index in [0.717, 1.165) is 48.2 Å². The second-order valence-electron chi connectivity index (χ2n) is 6.78. The van der Waals surface area contributed by atoms with Gasteiger partial charge in [0.25, 0.3) is 0 Å². The van der Waals surface area contributed by atoms with Crippen LogP contribution in [0.2, 0.25) is 0 Å². The van der Waals surface area contributed by atoms with Gasteiger partial charge in [0, 0.05) is 19.1 Å². The number of nitrogens with zero attached hydrogens (tertiary/aromatic N) is 1.